The standard InChI is InChI=1S/C14H13Br2NO5S2/c1-24(20,21)13-5-3-2-4-12(13)23(19)17-22-8-9-6-10(15)7-11(16)14(9)18/h2-7,17-18H,8H2,1H3. The summed E-state index contributed by atoms with van der Waals surface area (Å²) < 4.78 is 36.9. The summed E-state index contributed by atoms with van der Waals surface area (Å²) in [6.45, 7) is -0.0728. The number of aromatic hydroxyl groups is 1. The van der Waals surface area contributed by atoms with Crippen molar-refractivity contribution in [2.75, 3.05) is 6.26 Å². The molecule has 1 unspecified atom stereocenters. The molecule has 0 saturated heterocycles. The van der Waals surface area contributed by atoms with Crippen molar-refractivity contribution in [3.63, 3.8) is 0 Å². The van der Waals surface area contributed by atoms with Gasteiger partial charge in [-0.15, -0.1) is 4.89 Å². The Kier molecular flexibility index (Phi) is 6.57. The van der Waals surface area contributed by atoms with Gasteiger partial charge in [-0.1, -0.05) is 28.1 Å². The fraction of sp³-hybridized carbons (Fsp3) is 0.143. The van der Waals surface area contributed by atoms with Gasteiger partial charge in [-0.2, -0.15) is 0 Å². The Balaban J connectivity index is 2.11. The molecule has 0 heterocycles. The maximum absolute atomic E-state index is 12.3. The van der Waals surface area contributed by atoms with E-state index in [1.165, 1.54) is 12.1 Å². The lowest BCUT2D eigenvalue weighted by Crippen LogP contribution is -2.19. The smallest absolute Gasteiger partial charge is 0.176 e. The van der Waals surface area contributed by atoms with Crippen molar-refractivity contribution in [2.24, 2.45) is 0 Å². The molecule has 0 bridgehead atoms. The van der Waals surface area contributed by atoms with Gasteiger partial charge in [0.1, 0.15) is 16.7 Å². The Morgan fingerprint density at radius 1 is 1.25 bits per heavy atom. The number of nitrogens with one attached hydrogen (secondary N) is 1. The number of sulfone groups is 1. The third-order valence-corrected chi connectivity index (χ3v) is 6.29. The molecule has 2 rings (SSSR count). The number of phenols is 1. The summed E-state index contributed by atoms with van der Waals surface area (Å²) in [5, 5.41) is 9.92. The number of benzene rings is 2. The monoisotopic (exact) mass is 497 g/mol. The molecule has 0 fully saturated rings. The Morgan fingerprint density at radius 2 is 1.92 bits per heavy atom. The van der Waals surface area contributed by atoms with Gasteiger partial charge in [0.05, 0.1) is 20.9 Å². The molecule has 0 radical (unpaired) electrons. The van der Waals surface area contributed by atoms with E-state index in [-0.39, 0.29) is 22.1 Å². The Bertz CT molecular complexity index is 887. The van der Waals surface area contributed by atoms with Crippen LogP contribution in [-0.4, -0.2) is 24.0 Å². The van der Waals surface area contributed by atoms with E-state index in [0.717, 1.165) is 10.7 Å². The van der Waals surface area contributed by atoms with Gasteiger partial charge in [0.25, 0.3) is 0 Å². The summed E-state index contributed by atoms with van der Waals surface area (Å²) in [6.07, 6.45) is 1.04. The molecule has 0 aliphatic carbocycles. The fourth-order valence-corrected chi connectivity index (χ4v) is 5.31. The fourth-order valence-electron chi connectivity index (χ4n) is 1.84. The molecule has 2 aromatic rings. The number of hydrogen-bond acceptors (Lipinski definition) is 5. The molecular formula is C14H13Br2NO5S2. The van der Waals surface area contributed by atoms with Crippen LogP contribution in [0.2, 0.25) is 0 Å². The van der Waals surface area contributed by atoms with E-state index >= 15 is 0 Å². The highest BCUT2D eigenvalue weighted by molar-refractivity contribution is 9.11. The molecule has 0 aromatic heterocycles. The molecule has 0 aliphatic rings. The Labute approximate surface area is 159 Å². The zero-order valence-electron chi connectivity index (χ0n) is 12.3. The van der Waals surface area contributed by atoms with E-state index in [4.69, 9.17) is 4.84 Å². The zero-order valence-corrected chi connectivity index (χ0v) is 17.1. The van der Waals surface area contributed by atoms with Crippen molar-refractivity contribution in [1.82, 2.24) is 4.89 Å². The lowest BCUT2D eigenvalue weighted by Gasteiger charge is -2.10. The quantitative estimate of drug-likeness (QED) is 0.597. The molecule has 0 aliphatic heterocycles. The van der Waals surface area contributed by atoms with Crippen LogP contribution in [0.1, 0.15) is 5.56 Å². The second-order valence-corrected chi connectivity index (χ2v) is 9.65. The molecule has 1 atom stereocenters. The predicted octanol–water partition coefficient (Wildman–Crippen LogP) is 3.06. The Morgan fingerprint density at radius 3 is 2.58 bits per heavy atom. The van der Waals surface area contributed by atoms with Gasteiger partial charge < -0.3 is 5.11 Å². The summed E-state index contributed by atoms with van der Waals surface area (Å²) in [4.78, 5) is 7.50. The van der Waals surface area contributed by atoms with Gasteiger partial charge in [-0.25, -0.2) is 12.6 Å². The average molecular weight is 499 g/mol. The third-order valence-electron chi connectivity index (χ3n) is 2.92. The maximum atomic E-state index is 12.3. The van der Waals surface area contributed by atoms with Crippen LogP contribution in [0.4, 0.5) is 0 Å². The van der Waals surface area contributed by atoms with Crippen LogP contribution >= 0.6 is 31.9 Å². The van der Waals surface area contributed by atoms with Crippen molar-refractivity contribution < 1.29 is 22.6 Å². The average Bonchev–Trinajstić information content (AvgIpc) is 2.51. The molecule has 2 aromatic carbocycles. The second kappa shape index (κ2) is 8.07. The van der Waals surface area contributed by atoms with Crippen molar-refractivity contribution >= 4 is 52.7 Å². The van der Waals surface area contributed by atoms with E-state index in [2.05, 4.69) is 36.7 Å². The normalized spacial score (nSPS) is 13.0. The highest BCUT2D eigenvalue weighted by atomic mass is 79.9. The van der Waals surface area contributed by atoms with Crippen LogP contribution in [0, 0.1) is 0 Å². The first kappa shape index (κ1) is 19.5. The first-order valence-corrected chi connectivity index (χ1v) is 11.1. The molecule has 2 N–H and O–H groups in total. The largest absolute Gasteiger partial charge is 0.506 e. The number of phenolic OH excluding ortho intramolecular Hbond substituents is 1. The summed E-state index contributed by atoms with van der Waals surface area (Å²) in [5.41, 5.74) is 0.456. The molecule has 24 heavy (non-hydrogen) atoms. The van der Waals surface area contributed by atoms with Crippen LogP contribution in [0.3, 0.4) is 0 Å². The second-order valence-electron chi connectivity index (χ2n) is 4.75. The minimum atomic E-state index is -3.51. The predicted molar refractivity (Wildman–Crippen MR) is 97.4 cm³/mol. The molecule has 6 nitrogen and oxygen atoms in total. The molecule has 0 saturated carbocycles. The summed E-state index contributed by atoms with van der Waals surface area (Å²) in [5.74, 6) is 0.00215. The van der Waals surface area contributed by atoms with E-state index < -0.39 is 20.8 Å². The zero-order chi connectivity index (χ0) is 17.9. The van der Waals surface area contributed by atoms with Crippen LogP contribution in [0.5, 0.6) is 5.75 Å². The maximum Gasteiger partial charge on any atom is 0.176 e. The lowest BCUT2D eigenvalue weighted by molar-refractivity contribution is 0.0817. The topological polar surface area (TPSA) is 92.7 Å². The van der Waals surface area contributed by atoms with Gasteiger partial charge >= 0.3 is 0 Å². The lowest BCUT2D eigenvalue weighted by atomic mass is 10.2. The number of hydrogen-bond donors (Lipinski definition) is 2. The Hall–Kier alpha value is -0.780. The van der Waals surface area contributed by atoms with Crippen LogP contribution < -0.4 is 4.89 Å². The summed E-state index contributed by atoms with van der Waals surface area (Å²) in [7, 11) is -5.40. The van der Waals surface area contributed by atoms with E-state index in [1.807, 2.05) is 0 Å². The van der Waals surface area contributed by atoms with Gasteiger partial charge in [-0.3, -0.25) is 4.84 Å². The highest BCUT2D eigenvalue weighted by Gasteiger charge is 2.17. The van der Waals surface area contributed by atoms with Crippen molar-refractivity contribution in [3.8, 4) is 5.75 Å². The van der Waals surface area contributed by atoms with Gasteiger partial charge in [0.15, 0.2) is 9.84 Å². The first-order chi connectivity index (χ1) is 11.2. The third kappa shape index (κ3) is 4.87. The number of rotatable bonds is 6. The van der Waals surface area contributed by atoms with E-state index in [9.17, 15) is 17.7 Å². The summed E-state index contributed by atoms with van der Waals surface area (Å²) in [6, 6.07) is 9.27. The van der Waals surface area contributed by atoms with E-state index in [0.29, 0.717) is 10.0 Å². The first-order valence-electron chi connectivity index (χ1n) is 6.45. The van der Waals surface area contributed by atoms with Crippen LogP contribution in [0.15, 0.2) is 55.1 Å². The van der Waals surface area contributed by atoms with Crippen molar-refractivity contribution in [1.29, 1.82) is 0 Å². The van der Waals surface area contributed by atoms with Gasteiger partial charge in [0.2, 0.25) is 0 Å². The minimum absolute atomic E-state index is 0.00215. The highest BCUT2D eigenvalue weighted by Crippen LogP contribution is 2.32. The van der Waals surface area contributed by atoms with Gasteiger partial charge in [0, 0.05) is 16.3 Å². The minimum Gasteiger partial charge on any atom is -0.506 e. The van der Waals surface area contributed by atoms with Crippen molar-refractivity contribution in [3.05, 3.63) is 50.9 Å². The molecule has 0 amide bonds. The molecular weight excluding hydrogens is 486 g/mol. The van der Waals surface area contributed by atoms with E-state index in [1.54, 1.807) is 24.3 Å². The number of halogens is 2. The summed E-state index contributed by atoms with van der Waals surface area (Å²) >= 11 is 6.50. The SMILES string of the molecule is CS(=O)(=O)c1ccccc1S(=O)NOCc1cc(Br)cc(Br)c1O. The van der Waals surface area contributed by atoms with Crippen LogP contribution in [-0.2, 0) is 32.3 Å². The molecule has 0 spiro atoms. The van der Waals surface area contributed by atoms with Crippen molar-refractivity contribution in [2.45, 2.75) is 16.4 Å². The van der Waals surface area contributed by atoms with Crippen LogP contribution in [0.25, 0.3) is 0 Å². The van der Waals surface area contributed by atoms with Gasteiger partial charge in [-0.05, 0) is 40.2 Å². The molecule has 130 valence electrons. The molecule has 10 heteroatoms.